The monoisotopic (exact) mass is 545 g/mol. The van der Waals surface area contributed by atoms with Crippen LogP contribution in [0.3, 0.4) is 0 Å². The Bertz CT molecular complexity index is 1200. The molecule has 1 aromatic heterocycles. The maximum absolute atomic E-state index is 13.4. The molecule has 0 aliphatic carbocycles. The zero-order valence-electron chi connectivity index (χ0n) is 18.7. The van der Waals surface area contributed by atoms with Crippen LogP contribution in [0.2, 0.25) is 0 Å². The third kappa shape index (κ3) is 6.00. The van der Waals surface area contributed by atoms with Gasteiger partial charge >= 0.3 is 12.4 Å². The number of carbonyl (C=O) groups excluding carboxylic acids is 1. The topological polar surface area (TPSA) is 79.8 Å². The summed E-state index contributed by atoms with van der Waals surface area (Å²) in [6, 6.07) is 3.01. The quantitative estimate of drug-likeness (QED) is 0.523. The van der Waals surface area contributed by atoms with Gasteiger partial charge in [0.25, 0.3) is 5.91 Å². The van der Waals surface area contributed by atoms with Crippen LogP contribution >= 0.6 is 11.3 Å². The largest absolute Gasteiger partial charge is 0.478 e. The van der Waals surface area contributed by atoms with Crippen LogP contribution in [0.15, 0.2) is 29.3 Å². The highest BCUT2D eigenvalue weighted by atomic mass is 32.2. The molecule has 2 heterocycles. The Morgan fingerprint density at radius 2 is 1.66 bits per heavy atom. The number of alkyl halides is 6. The van der Waals surface area contributed by atoms with Crippen LogP contribution in [-0.2, 0) is 16.0 Å². The first-order valence-electron chi connectivity index (χ1n) is 10.1. The molecular formula is C20H21F6N3O4S2. The molecule has 1 aliphatic rings. The fraction of sp³-hybridized carbons (Fsp3) is 0.500. The summed E-state index contributed by atoms with van der Waals surface area (Å²) in [5, 5.41) is 0.124. The van der Waals surface area contributed by atoms with Crippen molar-refractivity contribution >= 4 is 32.2 Å². The lowest BCUT2D eigenvalue weighted by atomic mass is 10.1. The number of piperazine rings is 1. The van der Waals surface area contributed by atoms with Crippen molar-refractivity contribution in [2.75, 3.05) is 37.3 Å². The van der Waals surface area contributed by atoms with Crippen LogP contribution in [0.25, 0.3) is 0 Å². The van der Waals surface area contributed by atoms with E-state index in [9.17, 15) is 39.6 Å². The number of carbonyl (C=O) groups is 1. The lowest BCUT2D eigenvalue weighted by molar-refractivity contribution is -0.234. The number of aromatic nitrogens is 1. The van der Waals surface area contributed by atoms with Crippen molar-refractivity contribution in [1.29, 1.82) is 0 Å². The highest BCUT2D eigenvalue weighted by molar-refractivity contribution is 7.90. The predicted molar refractivity (Wildman–Crippen MR) is 116 cm³/mol. The fourth-order valence-corrected chi connectivity index (χ4v) is 4.62. The second kappa shape index (κ2) is 9.15. The number of sulfone groups is 1. The SMILES string of the molecule is CC(C)(Oc1ccc(S(C)(=O)=O)cc1C(=O)N1CCN(c2ncc(C(F)(F)F)s2)CC1)C(F)(F)F. The van der Waals surface area contributed by atoms with E-state index in [0.29, 0.717) is 11.3 Å². The molecule has 3 rings (SSSR count). The van der Waals surface area contributed by atoms with Gasteiger partial charge in [0.05, 0.1) is 16.7 Å². The van der Waals surface area contributed by atoms with Crippen LogP contribution in [0.4, 0.5) is 31.5 Å². The van der Waals surface area contributed by atoms with E-state index in [0.717, 1.165) is 44.5 Å². The second-order valence-corrected chi connectivity index (χ2v) is 11.3. The highest BCUT2D eigenvalue weighted by Crippen LogP contribution is 2.38. The summed E-state index contributed by atoms with van der Waals surface area (Å²) in [5.41, 5.74) is -3.04. The van der Waals surface area contributed by atoms with Gasteiger partial charge in [-0.1, -0.05) is 11.3 Å². The Balaban J connectivity index is 1.84. The number of amides is 1. The van der Waals surface area contributed by atoms with E-state index in [1.807, 2.05) is 0 Å². The number of rotatable bonds is 5. The summed E-state index contributed by atoms with van der Waals surface area (Å²) >= 11 is 0.461. The van der Waals surface area contributed by atoms with Crippen molar-refractivity contribution in [2.24, 2.45) is 0 Å². The van der Waals surface area contributed by atoms with Gasteiger partial charge in [0.1, 0.15) is 10.6 Å². The minimum atomic E-state index is -4.78. The van der Waals surface area contributed by atoms with E-state index in [2.05, 4.69) is 4.98 Å². The first-order chi connectivity index (χ1) is 15.9. The number of halogens is 6. The zero-order valence-corrected chi connectivity index (χ0v) is 20.3. The van der Waals surface area contributed by atoms with Crippen molar-refractivity contribution in [1.82, 2.24) is 9.88 Å². The van der Waals surface area contributed by atoms with Gasteiger partial charge < -0.3 is 14.5 Å². The highest BCUT2D eigenvalue weighted by Gasteiger charge is 2.50. The number of anilines is 1. The minimum Gasteiger partial charge on any atom is -0.478 e. The molecule has 2 aromatic rings. The van der Waals surface area contributed by atoms with Crippen LogP contribution in [0, 0.1) is 0 Å². The molecule has 1 saturated heterocycles. The molecule has 0 saturated carbocycles. The van der Waals surface area contributed by atoms with Crippen LogP contribution in [0.1, 0.15) is 29.1 Å². The molecule has 15 heteroatoms. The maximum Gasteiger partial charge on any atom is 0.427 e. The van der Waals surface area contributed by atoms with E-state index in [-0.39, 0.29) is 41.8 Å². The standard InChI is InChI=1S/C20H21F6N3O4S2/c1-18(2,20(24,25)26)33-14-5-4-12(35(3,31)32)10-13(14)16(30)28-6-8-29(9-7-28)17-27-11-15(34-17)19(21,22)23/h4-5,10-11H,6-9H2,1-3H3. The summed E-state index contributed by atoms with van der Waals surface area (Å²) in [7, 11) is -3.79. The van der Waals surface area contributed by atoms with Crippen LogP contribution in [-0.4, -0.2) is 68.4 Å². The number of hydrogen-bond donors (Lipinski definition) is 0. The number of benzene rings is 1. The Kier molecular flexibility index (Phi) is 7.07. The summed E-state index contributed by atoms with van der Waals surface area (Å²) in [5.74, 6) is -1.21. The molecule has 0 N–H and O–H groups in total. The smallest absolute Gasteiger partial charge is 0.427 e. The van der Waals surface area contributed by atoms with Crippen LogP contribution in [0.5, 0.6) is 5.75 Å². The van der Waals surface area contributed by atoms with Gasteiger partial charge in [-0.15, -0.1) is 0 Å². The van der Waals surface area contributed by atoms with Crippen LogP contribution < -0.4 is 9.64 Å². The first-order valence-corrected chi connectivity index (χ1v) is 12.8. The van der Waals surface area contributed by atoms with Gasteiger partial charge in [0.15, 0.2) is 20.6 Å². The lowest BCUT2D eigenvalue weighted by Crippen LogP contribution is -2.49. The number of ether oxygens (including phenoxy) is 1. The summed E-state index contributed by atoms with van der Waals surface area (Å²) in [6.45, 7) is 1.82. The molecule has 1 aliphatic heterocycles. The van der Waals surface area contributed by atoms with Gasteiger partial charge in [-0.3, -0.25) is 4.79 Å². The van der Waals surface area contributed by atoms with E-state index in [1.165, 1.54) is 4.90 Å². The molecule has 0 spiro atoms. The Morgan fingerprint density at radius 1 is 1.06 bits per heavy atom. The molecule has 0 radical (unpaired) electrons. The van der Waals surface area contributed by atoms with E-state index in [4.69, 9.17) is 4.74 Å². The number of thiazole rings is 1. The molecule has 7 nitrogen and oxygen atoms in total. The van der Waals surface area contributed by atoms with Gasteiger partial charge in [-0.05, 0) is 32.0 Å². The minimum absolute atomic E-state index is 0.0188. The lowest BCUT2D eigenvalue weighted by Gasteiger charge is -2.35. The second-order valence-electron chi connectivity index (χ2n) is 8.32. The van der Waals surface area contributed by atoms with E-state index in [1.54, 1.807) is 4.90 Å². The number of hydrogen-bond acceptors (Lipinski definition) is 7. The average Bonchev–Trinajstić information content (AvgIpc) is 3.23. The van der Waals surface area contributed by atoms with E-state index >= 15 is 0 Å². The third-order valence-corrected chi connectivity index (χ3v) is 7.48. The Hall–Kier alpha value is -2.55. The summed E-state index contributed by atoms with van der Waals surface area (Å²) in [6.07, 6.45) is -7.70. The molecule has 194 valence electrons. The molecule has 0 bridgehead atoms. The van der Waals surface area contributed by atoms with Gasteiger partial charge in [0, 0.05) is 32.4 Å². The summed E-state index contributed by atoms with van der Waals surface area (Å²) < 4.78 is 108. The average molecular weight is 546 g/mol. The fourth-order valence-electron chi connectivity index (χ4n) is 3.14. The summed E-state index contributed by atoms with van der Waals surface area (Å²) in [4.78, 5) is 18.7. The molecule has 1 fully saturated rings. The van der Waals surface area contributed by atoms with Crippen molar-refractivity contribution in [3.05, 3.63) is 34.8 Å². The van der Waals surface area contributed by atoms with Gasteiger partial charge in [-0.2, -0.15) is 26.3 Å². The number of nitrogens with zero attached hydrogens (tertiary/aromatic N) is 3. The van der Waals surface area contributed by atoms with Crippen molar-refractivity contribution in [3.8, 4) is 5.75 Å². The Labute approximate surface area is 201 Å². The zero-order chi connectivity index (χ0) is 26.4. The van der Waals surface area contributed by atoms with Gasteiger partial charge in [0.2, 0.25) is 0 Å². The molecular weight excluding hydrogens is 524 g/mol. The van der Waals surface area contributed by atoms with Gasteiger partial charge in [-0.25, -0.2) is 13.4 Å². The van der Waals surface area contributed by atoms with E-state index < -0.39 is 44.3 Å². The molecule has 0 unspecified atom stereocenters. The molecule has 0 atom stereocenters. The first kappa shape index (κ1) is 27.0. The normalized spacial score (nSPS) is 15.9. The van der Waals surface area contributed by atoms with Crippen molar-refractivity contribution in [2.45, 2.75) is 36.7 Å². The molecule has 1 amide bonds. The maximum atomic E-state index is 13.4. The third-order valence-electron chi connectivity index (χ3n) is 5.27. The molecule has 1 aromatic carbocycles. The molecule has 35 heavy (non-hydrogen) atoms. The predicted octanol–water partition coefficient (Wildman–Crippen LogP) is 4.25. The van der Waals surface area contributed by atoms with Crippen molar-refractivity contribution < 1.29 is 44.3 Å². The van der Waals surface area contributed by atoms with Crippen molar-refractivity contribution in [3.63, 3.8) is 0 Å². The Morgan fingerprint density at radius 3 is 2.14 bits per heavy atom.